The first kappa shape index (κ1) is 16.7. The highest BCUT2D eigenvalue weighted by Gasteiger charge is 2.23. The summed E-state index contributed by atoms with van der Waals surface area (Å²) < 4.78 is 17.2. The minimum atomic E-state index is -0.752. The number of ether oxygens (including phenoxy) is 3. The molecule has 9 nitrogen and oxygen atoms in total. The summed E-state index contributed by atoms with van der Waals surface area (Å²) in [5.74, 6) is 0.451. The van der Waals surface area contributed by atoms with Gasteiger partial charge in [-0.25, -0.2) is 9.31 Å². The van der Waals surface area contributed by atoms with Gasteiger partial charge in [-0.2, -0.15) is 10.4 Å². The molecular weight excluding hydrogens is 352 g/mol. The Morgan fingerprint density at radius 1 is 1.37 bits per heavy atom. The van der Waals surface area contributed by atoms with Crippen molar-refractivity contribution in [1.29, 1.82) is 5.26 Å². The largest absolute Gasteiger partial charge is 0.486 e. The van der Waals surface area contributed by atoms with Crippen molar-refractivity contribution in [2.45, 2.75) is 6.92 Å². The molecule has 3 aromatic rings. The van der Waals surface area contributed by atoms with Crippen LogP contribution in [0.25, 0.3) is 16.8 Å². The van der Waals surface area contributed by atoms with Gasteiger partial charge in [-0.05, 0) is 25.1 Å². The van der Waals surface area contributed by atoms with E-state index in [-0.39, 0.29) is 23.4 Å². The van der Waals surface area contributed by atoms with E-state index in [0.717, 1.165) is 0 Å². The molecule has 0 aliphatic carbocycles. The number of esters is 1. The molecule has 1 aliphatic rings. The van der Waals surface area contributed by atoms with Gasteiger partial charge in [-0.1, -0.05) is 0 Å². The maximum atomic E-state index is 12.6. The van der Waals surface area contributed by atoms with E-state index in [0.29, 0.717) is 36.0 Å². The third kappa shape index (κ3) is 2.77. The summed E-state index contributed by atoms with van der Waals surface area (Å²) in [6.45, 7) is 2.71. The molecule has 2 aromatic heterocycles. The van der Waals surface area contributed by atoms with Gasteiger partial charge in [0.25, 0.3) is 5.56 Å². The Hall–Kier alpha value is -3.80. The Balaban J connectivity index is 1.86. The van der Waals surface area contributed by atoms with Crippen molar-refractivity contribution in [3.8, 4) is 28.8 Å². The van der Waals surface area contributed by atoms with Crippen LogP contribution in [0, 0.1) is 11.3 Å². The average Bonchev–Trinajstić information content (AvgIpc) is 3.07. The number of carbonyl (C=O) groups is 1. The molecule has 0 amide bonds. The van der Waals surface area contributed by atoms with E-state index < -0.39 is 11.5 Å². The van der Waals surface area contributed by atoms with Gasteiger partial charge in [-0.3, -0.25) is 4.79 Å². The average molecular weight is 366 g/mol. The van der Waals surface area contributed by atoms with Crippen molar-refractivity contribution in [2.24, 2.45) is 0 Å². The van der Waals surface area contributed by atoms with Crippen LogP contribution in [0.1, 0.15) is 23.0 Å². The molecule has 0 unspecified atom stereocenters. The Morgan fingerprint density at radius 2 is 2.15 bits per heavy atom. The predicted octanol–water partition coefficient (Wildman–Crippen LogP) is 1.51. The fourth-order valence-electron chi connectivity index (χ4n) is 2.89. The van der Waals surface area contributed by atoms with Crippen LogP contribution in [0.15, 0.2) is 29.2 Å². The van der Waals surface area contributed by atoms with Crippen molar-refractivity contribution in [3.05, 3.63) is 46.0 Å². The van der Waals surface area contributed by atoms with Gasteiger partial charge in [0, 0.05) is 5.56 Å². The molecule has 3 heterocycles. The van der Waals surface area contributed by atoms with Gasteiger partial charge < -0.3 is 19.2 Å². The normalized spacial score (nSPS) is 12.6. The molecule has 4 rings (SSSR count). The Bertz CT molecular complexity index is 1150. The van der Waals surface area contributed by atoms with Gasteiger partial charge in [0.2, 0.25) is 0 Å². The van der Waals surface area contributed by atoms with E-state index in [1.165, 1.54) is 10.7 Å². The van der Waals surface area contributed by atoms with Crippen LogP contribution >= 0.6 is 0 Å². The highest BCUT2D eigenvalue weighted by molar-refractivity contribution is 5.93. The quantitative estimate of drug-likeness (QED) is 0.698. The molecule has 1 N–H and O–H groups in total. The maximum Gasteiger partial charge on any atom is 0.360 e. The van der Waals surface area contributed by atoms with Gasteiger partial charge >= 0.3 is 5.97 Å². The summed E-state index contributed by atoms with van der Waals surface area (Å²) in [4.78, 5) is 27.3. The van der Waals surface area contributed by atoms with Crippen molar-refractivity contribution >= 4 is 11.5 Å². The topological polar surface area (TPSA) is 119 Å². The van der Waals surface area contributed by atoms with Crippen molar-refractivity contribution in [3.63, 3.8) is 0 Å². The van der Waals surface area contributed by atoms with Gasteiger partial charge in [-0.15, -0.1) is 0 Å². The second kappa shape index (κ2) is 6.49. The van der Waals surface area contributed by atoms with Crippen LogP contribution in [-0.2, 0) is 4.74 Å². The third-order valence-electron chi connectivity index (χ3n) is 4.06. The van der Waals surface area contributed by atoms with Crippen LogP contribution in [0.2, 0.25) is 0 Å². The number of nitrogens with zero attached hydrogens (tertiary/aromatic N) is 3. The molecule has 0 fully saturated rings. The van der Waals surface area contributed by atoms with Crippen LogP contribution in [-0.4, -0.2) is 40.4 Å². The van der Waals surface area contributed by atoms with Crippen LogP contribution in [0.3, 0.4) is 0 Å². The summed E-state index contributed by atoms with van der Waals surface area (Å²) in [6.07, 6.45) is 1.53. The van der Waals surface area contributed by atoms with Gasteiger partial charge in [0.1, 0.15) is 30.4 Å². The Labute approximate surface area is 152 Å². The smallest absolute Gasteiger partial charge is 0.360 e. The maximum absolute atomic E-state index is 12.6. The van der Waals surface area contributed by atoms with Crippen molar-refractivity contribution < 1.29 is 19.0 Å². The summed E-state index contributed by atoms with van der Waals surface area (Å²) in [5, 5.41) is 13.5. The second-order valence-electron chi connectivity index (χ2n) is 5.70. The van der Waals surface area contributed by atoms with Crippen LogP contribution in [0.4, 0.5) is 0 Å². The number of hydrogen-bond donors (Lipinski definition) is 1. The lowest BCUT2D eigenvalue weighted by Gasteiger charge is -2.18. The molecule has 9 heteroatoms. The minimum Gasteiger partial charge on any atom is -0.486 e. The minimum absolute atomic E-state index is 0.0122. The van der Waals surface area contributed by atoms with E-state index in [1.807, 2.05) is 6.07 Å². The fraction of sp³-hybridized carbons (Fsp3) is 0.222. The molecule has 27 heavy (non-hydrogen) atoms. The highest BCUT2D eigenvalue weighted by atomic mass is 16.6. The van der Waals surface area contributed by atoms with Crippen molar-refractivity contribution in [1.82, 2.24) is 14.6 Å². The van der Waals surface area contributed by atoms with E-state index in [9.17, 15) is 14.9 Å². The second-order valence-corrected chi connectivity index (χ2v) is 5.70. The first-order valence-electron chi connectivity index (χ1n) is 8.25. The predicted molar refractivity (Wildman–Crippen MR) is 92.9 cm³/mol. The zero-order valence-electron chi connectivity index (χ0n) is 14.3. The van der Waals surface area contributed by atoms with Gasteiger partial charge in [0.15, 0.2) is 17.2 Å². The Morgan fingerprint density at radius 3 is 2.89 bits per heavy atom. The lowest BCUT2D eigenvalue weighted by Crippen LogP contribution is -2.15. The summed E-state index contributed by atoms with van der Waals surface area (Å²) in [6, 6.07) is 7.12. The van der Waals surface area contributed by atoms with Crippen LogP contribution < -0.4 is 15.0 Å². The number of fused-ring (bicyclic) bond motifs is 2. The van der Waals surface area contributed by atoms with E-state index >= 15 is 0 Å². The molecule has 0 saturated heterocycles. The first-order valence-corrected chi connectivity index (χ1v) is 8.25. The van der Waals surface area contributed by atoms with E-state index in [2.05, 4.69) is 10.1 Å². The molecule has 0 bridgehead atoms. The standard InChI is InChI=1S/C18H14N4O5/c1-2-25-18(24)15-11(8-19)16-17(23)20-12(9-22(16)21-15)10-3-4-13-14(7-10)27-6-5-26-13/h3-4,7,9H,2,5-6H2,1H3,(H,20,23). The molecule has 0 atom stereocenters. The first-order chi connectivity index (χ1) is 13.1. The Kier molecular flexibility index (Phi) is 4.01. The number of aromatic amines is 1. The summed E-state index contributed by atoms with van der Waals surface area (Å²) >= 11 is 0. The summed E-state index contributed by atoms with van der Waals surface area (Å²) in [5.41, 5.74) is 0.258. The van der Waals surface area contributed by atoms with E-state index in [1.54, 1.807) is 25.1 Å². The monoisotopic (exact) mass is 366 g/mol. The molecule has 0 saturated carbocycles. The zero-order valence-corrected chi connectivity index (χ0v) is 14.3. The summed E-state index contributed by atoms with van der Waals surface area (Å²) in [7, 11) is 0. The number of benzene rings is 1. The molecule has 0 radical (unpaired) electrons. The van der Waals surface area contributed by atoms with Crippen LogP contribution in [0.5, 0.6) is 11.5 Å². The third-order valence-corrected chi connectivity index (χ3v) is 4.06. The van der Waals surface area contributed by atoms with Crippen molar-refractivity contribution in [2.75, 3.05) is 19.8 Å². The molecule has 0 spiro atoms. The molecule has 136 valence electrons. The number of rotatable bonds is 3. The number of hydrogen-bond acceptors (Lipinski definition) is 7. The highest BCUT2D eigenvalue weighted by Crippen LogP contribution is 2.33. The zero-order chi connectivity index (χ0) is 19.0. The van der Waals surface area contributed by atoms with Gasteiger partial charge in [0.05, 0.1) is 18.5 Å². The number of nitrogens with one attached hydrogen (secondary N) is 1. The molecular formula is C18H14N4O5. The lowest BCUT2D eigenvalue weighted by atomic mass is 10.1. The SMILES string of the molecule is CCOC(=O)c1nn2cc(-c3ccc4c(c3)OCCO4)[nH]c(=O)c2c1C#N. The number of nitriles is 1. The van der Waals surface area contributed by atoms with E-state index in [4.69, 9.17) is 14.2 Å². The molecule has 1 aliphatic heterocycles. The number of H-pyrrole nitrogens is 1. The fourth-order valence-corrected chi connectivity index (χ4v) is 2.89. The lowest BCUT2D eigenvalue weighted by molar-refractivity contribution is 0.0518. The molecule has 1 aromatic carbocycles. The number of aromatic nitrogens is 3. The number of carbonyl (C=O) groups excluding carboxylic acids is 1.